The van der Waals surface area contributed by atoms with Crippen molar-refractivity contribution in [3.05, 3.63) is 95.1 Å². The molecule has 0 aliphatic rings. The molecule has 2 amide bonds. The van der Waals surface area contributed by atoms with Crippen LogP contribution in [0.3, 0.4) is 0 Å². The molecular weight excluding hydrogens is 514 g/mol. The molecule has 41 heavy (non-hydrogen) atoms. The number of aryl methyl sites for hydroxylation is 1. The highest BCUT2D eigenvalue weighted by atomic mass is 16.5. The average Bonchev–Trinajstić information content (AvgIpc) is 2.97. The average molecular weight is 560 g/mol. The summed E-state index contributed by atoms with van der Waals surface area (Å²) in [4.78, 5) is 28.3. The smallest absolute Gasteiger partial charge is 0.251 e. The van der Waals surface area contributed by atoms with E-state index in [0.29, 0.717) is 38.0 Å². The van der Waals surface area contributed by atoms with Crippen molar-refractivity contribution >= 4 is 17.5 Å². The lowest BCUT2D eigenvalue weighted by molar-refractivity contribution is -0.118. The van der Waals surface area contributed by atoms with Crippen LogP contribution in [0.5, 0.6) is 5.75 Å². The lowest BCUT2D eigenvalue weighted by atomic mass is 10.00. The zero-order chi connectivity index (χ0) is 29.6. The number of carbonyl (C=O) groups excluding carboxylic acids is 2. The molecule has 0 fully saturated rings. The first kappa shape index (κ1) is 31.8. The number of nitrogens with zero attached hydrogens (tertiary/aromatic N) is 1. The van der Waals surface area contributed by atoms with E-state index in [2.05, 4.69) is 17.6 Å². The number of hydrogen-bond donors (Lipinski definition) is 3. The molecule has 0 aliphatic heterocycles. The molecule has 0 saturated carbocycles. The van der Waals surface area contributed by atoms with E-state index < -0.39 is 12.1 Å². The van der Waals surface area contributed by atoms with Crippen LogP contribution in [0.25, 0.3) is 0 Å². The predicted octanol–water partition coefficient (Wildman–Crippen LogP) is 5.43. The SMILES string of the molecule is CCCCN(C(=O)CCC)c1cc(C)cc(C(=O)NC(Cc2ccccc2)C(O)CNCc2cccc(OC)c2)c1. The molecule has 220 valence electrons. The minimum atomic E-state index is -0.832. The summed E-state index contributed by atoms with van der Waals surface area (Å²) in [5.74, 6) is 0.569. The summed E-state index contributed by atoms with van der Waals surface area (Å²) in [6.45, 7) is 7.50. The van der Waals surface area contributed by atoms with Crippen molar-refractivity contribution in [2.75, 3.05) is 25.1 Å². The summed E-state index contributed by atoms with van der Waals surface area (Å²) in [6, 6.07) is 22.7. The van der Waals surface area contributed by atoms with Crippen molar-refractivity contribution in [3.63, 3.8) is 0 Å². The molecule has 0 spiro atoms. The summed E-state index contributed by atoms with van der Waals surface area (Å²) >= 11 is 0. The van der Waals surface area contributed by atoms with Crippen molar-refractivity contribution in [3.8, 4) is 5.75 Å². The molecule has 3 rings (SSSR count). The Kier molecular flexibility index (Phi) is 12.9. The number of unbranched alkanes of at least 4 members (excludes halogenated alkanes) is 1. The molecule has 3 aromatic rings. The molecule has 0 aromatic heterocycles. The minimum absolute atomic E-state index is 0.0670. The zero-order valence-corrected chi connectivity index (χ0v) is 24.9. The van der Waals surface area contributed by atoms with Crippen LogP contribution < -0.4 is 20.3 Å². The number of hydrogen-bond acceptors (Lipinski definition) is 5. The van der Waals surface area contributed by atoms with Gasteiger partial charge < -0.3 is 25.4 Å². The Morgan fingerprint density at radius 2 is 1.71 bits per heavy atom. The van der Waals surface area contributed by atoms with E-state index in [1.165, 1.54) is 0 Å². The fraction of sp³-hybridized carbons (Fsp3) is 0.412. The van der Waals surface area contributed by atoms with Crippen molar-refractivity contribution in [2.24, 2.45) is 0 Å². The molecule has 2 atom stereocenters. The third-order valence-corrected chi connectivity index (χ3v) is 7.03. The Bertz CT molecular complexity index is 1250. The molecule has 7 nitrogen and oxygen atoms in total. The second-order valence-electron chi connectivity index (χ2n) is 10.5. The van der Waals surface area contributed by atoms with Gasteiger partial charge in [0.1, 0.15) is 5.75 Å². The first-order valence-corrected chi connectivity index (χ1v) is 14.6. The highest BCUT2D eigenvalue weighted by Crippen LogP contribution is 2.22. The topological polar surface area (TPSA) is 90.9 Å². The Hall–Kier alpha value is -3.68. The molecule has 0 aliphatic carbocycles. The molecular formula is C34H45N3O4. The van der Waals surface area contributed by atoms with Gasteiger partial charge in [-0.3, -0.25) is 9.59 Å². The van der Waals surface area contributed by atoms with Gasteiger partial charge in [0, 0.05) is 37.3 Å². The Morgan fingerprint density at radius 3 is 2.41 bits per heavy atom. The van der Waals surface area contributed by atoms with E-state index in [4.69, 9.17) is 4.74 Å². The quantitative estimate of drug-likeness (QED) is 0.218. The van der Waals surface area contributed by atoms with Crippen LogP contribution in [-0.4, -0.2) is 49.3 Å². The number of anilines is 1. The summed E-state index contributed by atoms with van der Waals surface area (Å²) in [5, 5.41) is 17.6. The lowest BCUT2D eigenvalue weighted by Gasteiger charge is -2.26. The van der Waals surface area contributed by atoms with E-state index in [-0.39, 0.29) is 11.8 Å². The molecule has 2 unspecified atom stereocenters. The number of aliphatic hydroxyl groups excluding tert-OH is 1. The van der Waals surface area contributed by atoms with E-state index >= 15 is 0 Å². The number of rotatable bonds is 16. The monoisotopic (exact) mass is 559 g/mol. The Balaban J connectivity index is 1.77. The normalized spacial score (nSPS) is 12.4. The van der Waals surface area contributed by atoms with Crippen LogP contribution in [0.2, 0.25) is 0 Å². The maximum atomic E-state index is 13.6. The number of aliphatic hydroxyl groups is 1. The zero-order valence-electron chi connectivity index (χ0n) is 24.9. The summed E-state index contributed by atoms with van der Waals surface area (Å²) in [7, 11) is 1.64. The summed E-state index contributed by atoms with van der Waals surface area (Å²) in [6.07, 6.45) is 2.74. The van der Waals surface area contributed by atoms with Gasteiger partial charge in [-0.2, -0.15) is 0 Å². The first-order chi connectivity index (χ1) is 19.8. The van der Waals surface area contributed by atoms with Gasteiger partial charge >= 0.3 is 0 Å². The van der Waals surface area contributed by atoms with Crippen LogP contribution in [0, 0.1) is 6.92 Å². The predicted molar refractivity (Wildman–Crippen MR) is 165 cm³/mol. The van der Waals surface area contributed by atoms with Crippen molar-refractivity contribution in [1.82, 2.24) is 10.6 Å². The lowest BCUT2D eigenvalue weighted by Crippen LogP contribution is -2.48. The van der Waals surface area contributed by atoms with Gasteiger partial charge in [0.2, 0.25) is 5.91 Å². The molecule has 7 heteroatoms. The highest BCUT2D eigenvalue weighted by Gasteiger charge is 2.24. The van der Waals surface area contributed by atoms with Crippen molar-refractivity contribution < 1.29 is 19.4 Å². The molecule has 0 radical (unpaired) electrons. The van der Waals surface area contributed by atoms with Crippen molar-refractivity contribution in [1.29, 1.82) is 0 Å². The second kappa shape index (κ2) is 16.6. The van der Waals surface area contributed by atoms with Crippen molar-refractivity contribution in [2.45, 2.75) is 71.6 Å². The van der Waals surface area contributed by atoms with Crippen LogP contribution in [0.1, 0.15) is 66.6 Å². The van der Waals surface area contributed by atoms with Gasteiger partial charge in [-0.15, -0.1) is 0 Å². The maximum absolute atomic E-state index is 13.6. The van der Waals surface area contributed by atoms with E-state index in [1.54, 1.807) is 18.1 Å². The van der Waals surface area contributed by atoms with Gasteiger partial charge in [-0.05, 0) is 73.2 Å². The number of nitrogens with one attached hydrogen (secondary N) is 2. The van der Waals surface area contributed by atoms with Crippen LogP contribution in [-0.2, 0) is 17.8 Å². The summed E-state index contributed by atoms with van der Waals surface area (Å²) < 4.78 is 5.30. The molecule has 0 heterocycles. The number of benzene rings is 3. The number of carbonyl (C=O) groups is 2. The van der Waals surface area contributed by atoms with Gasteiger partial charge in [0.25, 0.3) is 5.91 Å². The Morgan fingerprint density at radius 1 is 0.951 bits per heavy atom. The molecule has 0 saturated heterocycles. The Labute approximate surface area is 244 Å². The van der Waals surface area contributed by atoms with Gasteiger partial charge in [-0.25, -0.2) is 0 Å². The van der Waals surface area contributed by atoms with E-state index in [1.807, 2.05) is 80.6 Å². The fourth-order valence-corrected chi connectivity index (χ4v) is 4.80. The third kappa shape index (κ3) is 10.0. The molecule has 3 aromatic carbocycles. The van der Waals surface area contributed by atoms with Gasteiger partial charge in [0.05, 0.1) is 19.3 Å². The third-order valence-electron chi connectivity index (χ3n) is 7.03. The molecule has 0 bridgehead atoms. The van der Waals surface area contributed by atoms with Crippen LogP contribution in [0.15, 0.2) is 72.8 Å². The largest absolute Gasteiger partial charge is 0.497 e. The van der Waals surface area contributed by atoms with Gasteiger partial charge in [0.15, 0.2) is 0 Å². The van der Waals surface area contributed by atoms with Crippen LogP contribution in [0.4, 0.5) is 5.69 Å². The number of amides is 2. The summed E-state index contributed by atoms with van der Waals surface area (Å²) in [5.41, 5.74) is 4.17. The van der Waals surface area contributed by atoms with Crippen LogP contribution >= 0.6 is 0 Å². The maximum Gasteiger partial charge on any atom is 0.251 e. The minimum Gasteiger partial charge on any atom is -0.497 e. The number of ether oxygens (including phenoxy) is 1. The van der Waals surface area contributed by atoms with E-state index in [9.17, 15) is 14.7 Å². The second-order valence-corrected chi connectivity index (χ2v) is 10.5. The molecule has 3 N–H and O–H groups in total. The fourth-order valence-electron chi connectivity index (χ4n) is 4.80. The highest BCUT2D eigenvalue weighted by molar-refractivity contribution is 5.98. The first-order valence-electron chi connectivity index (χ1n) is 14.6. The van der Waals surface area contributed by atoms with Gasteiger partial charge in [-0.1, -0.05) is 62.7 Å². The standard InChI is InChI=1S/C34H45N3O4/c1-5-7-17-37(33(39)12-6-2)29-19-25(3)18-28(22-29)34(40)36-31(21-26-13-9-8-10-14-26)32(38)24-35-23-27-15-11-16-30(20-27)41-4/h8-11,13-16,18-20,22,31-32,35,38H,5-7,12,17,21,23-24H2,1-4H3,(H,36,40). The number of methoxy groups -OCH3 is 1. The van der Waals surface area contributed by atoms with E-state index in [0.717, 1.165) is 47.4 Å².